The Balaban J connectivity index is 1.47. The zero-order valence-corrected chi connectivity index (χ0v) is 19.9. The minimum atomic E-state index is -1.41. The number of anilines is 2. The van der Waals surface area contributed by atoms with Gasteiger partial charge in [-0.25, -0.2) is 23.2 Å². The average Bonchev–Trinajstić information content (AvgIpc) is 3.47. The summed E-state index contributed by atoms with van der Waals surface area (Å²) in [5.41, 5.74) is 0.174. The lowest BCUT2D eigenvalue weighted by atomic mass is 10.2. The number of carbonyl (C=O) groups excluding carboxylic acids is 2. The van der Waals surface area contributed by atoms with Crippen LogP contribution in [0.15, 0.2) is 40.1 Å². The van der Waals surface area contributed by atoms with Crippen LogP contribution in [0.3, 0.4) is 0 Å². The number of aromatic nitrogens is 1. The van der Waals surface area contributed by atoms with Gasteiger partial charge in [-0.2, -0.15) is 4.98 Å². The number of esters is 1. The molecule has 0 spiro atoms. The summed E-state index contributed by atoms with van der Waals surface area (Å²) in [6, 6.07) is 5.82. The molecule has 37 heavy (non-hydrogen) atoms. The highest BCUT2D eigenvalue weighted by molar-refractivity contribution is 7.13. The number of aromatic carboxylic acids is 1. The van der Waals surface area contributed by atoms with Gasteiger partial charge in [-0.1, -0.05) is 0 Å². The predicted molar refractivity (Wildman–Crippen MR) is 127 cm³/mol. The SMILES string of the molecule is COC(=O)c1scc(NC(=O)Nc2ccc3oc(OCc4c(OC)ccc(F)c4F)nc3c2)c1C(=O)O. The van der Waals surface area contributed by atoms with Crippen molar-refractivity contribution in [1.29, 1.82) is 0 Å². The molecular formula is C23H17F2N3O8S. The molecule has 11 nitrogen and oxygen atoms in total. The fraction of sp³-hybridized carbons (Fsp3) is 0.130. The molecule has 0 fully saturated rings. The number of nitrogens with one attached hydrogen (secondary N) is 2. The molecule has 0 aliphatic carbocycles. The van der Waals surface area contributed by atoms with E-state index in [4.69, 9.17) is 13.9 Å². The number of fused-ring (bicyclic) bond motifs is 1. The van der Waals surface area contributed by atoms with Crippen molar-refractivity contribution in [2.75, 3.05) is 24.9 Å². The lowest BCUT2D eigenvalue weighted by molar-refractivity contribution is 0.0589. The number of amides is 2. The van der Waals surface area contributed by atoms with Crippen molar-refractivity contribution in [1.82, 2.24) is 4.98 Å². The normalized spacial score (nSPS) is 10.7. The Morgan fingerprint density at radius 2 is 1.92 bits per heavy atom. The van der Waals surface area contributed by atoms with Gasteiger partial charge in [0, 0.05) is 11.1 Å². The van der Waals surface area contributed by atoms with Gasteiger partial charge >= 0.3 is 24.0 Å². The van der Waals surface area contributed by atoms with Gasteiger partial charge in [0.25, 0.3) is 0 Å². The number of carboxylic acid groups (broad SMARTS) is 1. The number of halogens is 2. The van der Waals surface area contributed by atoms with Crippen molar-refractivity contribution in [3.8, 4) is 11.8 Å². The number of oxazole rings is 1. The molecule has 4 aromatic rings. The molecule has 0 atom stereocenters. The number of ether oxygens (including phenoxy) is 3. The van der Waals surface area contributed by atoms with Crippen LogP contribution in [0.4, 0.5) is 25.0 Å². The monoisotopic (exact) mass is 533 g/mol. The lowest BCUT2D eigenvalue weighted by Crippen LogP contribution is -2.21. The van der Waals surface area contributed by atoms with Crippen molar-refractivity contribution < 1.29 is 46.9 Å². The van der Waals surface area contributed by atoms with Crippen molar-refractivity contribution >= 4 is 51.8 Å². The molecule has 14 heteroatoms. The van der Waals surface area contributed by atoms with E-state index >= 15 is 0 Å². The quantitative estimate of drug-likeness (QED) is 0.269. The Morgan fingerprint density at radius 1 is 1.14 bits per heavy atom. The Hall–Kier alpha value is -4.72. The van der Waals surface area contributed by atoms with Crippen molar-refractivity contribution in [2.24, 2.45) is 0 Å². The van der Waals surface area contributed by atoms with Crippen LogP contribution in [0.2, 0.25) is 0 Å². The van der Waals surface area contributed by atoms with Crippen LogP contribution in [-0.2, 0) is 11.3 Å². The van der Waals surface area contributed by atoms with Gasteiger partial charge in [0.2, 0.25) is 0 Å². The summed E-state index contributed by atoms with van der Waals surface area (Å²) < 4.78 is 48.1. The molecule has 0 bridgehead atoms. The minimum absolute atomic E-state index is 0.0860. The summed E-state index contributed by atoms with van der Waals surface area (Å²) in [5.74, 6) is -4.36. The Labute approximate surface area is 210 Å². The first-order valence-corrected chi connectivity index (χ1v) is 11.1. The van der Waals surface area contributed by atoms with E-state index in [1.807, 2.05) is 0 Å². The molecule has 0 saturated carbocycles. The van der Waals surface area contributed by atoms with E-state index in [1.54, 1.807) is 0 Å². The molecule has 0 saturated heterocycles. The second-order valence-electron chi connectivity index (χ2n) is 7.22. The molecule has 2 aromatic carbocycles. The number of urea groups is 1. The molecule has 3 N–H and O–H groups in total. The highest BCUT2D eigenvalue weighted by atomic mass is 32.1. The van der Waals surface area contributed by atoms with E-state index < -0.39 is 41.8 Å². The van der Waals surface area contributed by atoms with Gasteiger partial charge in [-0.15, -0.1) is 11.3 Å². The maximum Gasteiger partial charge on any atom is 0.394 e. The number of carbonyl (C=O) groups is 3. The zero-order valence-electron chi connectivity index (χ0n) is 19.1. The Morgan fingerprint density at radius 3 is 2.62 bits per heavy atom. The number of nitrogens with zero attached hydrogens (tertiary/aromatic N) is 1. The fourth-order valence-electron chi connectivity index (χ4n) is 3.27. The van der Waals surface area contributed by atoms with Crippen LogP contribution in [0.5, 0.6) is 11.8 Å². The molecule has 2 aromatic heterocycles. The molecule has 0 aliphatic heterocycles. The van der Waals surface area contributed by atoms with E-state index in [2.05, 4.69) is 20.4 Å². The number of rotatable bonds is 8. The molecule has 4 rings (SSSR count). The van der Waals surface area contributed by atoms with E-state index in [9.17, 15) is 28.3 Å². The van der Waals surface area contributed by atoms with E-state index in [0.29, 0.717) is 0 Å². The van der Waals surface area contributed by atoms with Crippen LogP contribution in [0.25, 0.3) is 11.1 Å². The highest BCUT2D eigenvalue weighted by Gasteiger charge is 2.25. The first-order chi connectivity index (χ1) is 17.7. The van der Waals surface area contributed by atoms with Gasteiger partial charge in [0.05, 0.1) is 25.5 Å². The number of carboxylic acids is 1. The second-order valence-corrected chi connectivity index (χ2v) is 8.10. The number of methoxy groups -OCH3 is 2. The topological polar surface area (TPSA) is 149 Å². The molecule has 2 heterocycles. The summed E-state index contributed by atoms with van der Waals surface area (Å²) >= 11 is 0.811. The van der Waals surface area contributed by atoms with Crippen LogP contribution in [0, 0.1) is 11.6 Å². The van der Waals surface area contributed by atoms with Crippen molar-refractivity contribution in [2.45, 2.75) is 6.61 Å². The Kier molecular flexibility index (Phi) is 7.20. The molecule has 0 aliphatic rings. The van der Waals surface area contributed by atoms with Gasteiger partial charge in [-0.05, 0) is 30.3 Å². The second kappa shape index (κ2) is 10.5. The van der Waals surface area contributed by atoms with Gasteiger partial charge in [-0.3, -0.25) is 0 Å². The van der Waals surface area contributed by atoms with E-state index in [-0.39, 0.29) is 44.7 Å². The van der Waals surface area contributed by atoms with Crippen molar-refractivity contribution in [3.63, 3.8) is 0 Å². The summed E-state index contributed by atoms with van der Waals surface area (Å²) in [5, 5.41) is 15.6. The standard InChI is InChI=1S/C23H17F2N3O8S/c1-33-15-6-4-12(24)18(25)11(15)8-35-23-28-13-7-10(3-5-16(13)36-23)26-22(32)27-14-9-37-19(21(31)34-2)17(14)20(29)30/h3-7,9H,8H2,1-2H3,(H,29,30)(H2,26,27,32). The van der Waals surface area contributed by atoms with Crippen LogP contribution in [0.1, 0.15) is 25.6 Å². The van der Waals surface area contributed by atoms with Crippen LogP contribution >= 0.6 is 11.3 Å². The van der Waals surface area contributed by atoms with Crippen LogP contribution in [-0.4, -0.2) is 42.3 Å². The number of thiophene rings is 1. The molecule has 0 unspecified atom stereocenters. The van der Waals surface area contributed by atoms with Crippen molar-refractivity contribution in [3.05, 3.63) is 63.4 Å². The van der Waals surface area contributed by atoms with Gasteiger partial charge in [0.15, 0.2) is 17.2 Å². The number of benzene rings is 2. The smallest absolute Gasteiger partial charge is 0.394 e. The number of hydrogen-bond donors (Lipinski definition) is 3. The van der Waals surface area contributed by atoms with Crippen LogP contribution < -0.4 is 20.1 Å². The average molecular weight is 533 g/mol. The Bertz CT molecular complexity index is 1520. The summed E-state index contributed by atoms with van der Waals surface area (Å²) in [6.45, 7) is -0.423. The summed E-state index contributed by atoms with van der Waals surface area (Å²) in [6.07, 6.45) is -0.234. The largest absolute Gasteiger partial charge is 0.496 e. The van der Waals surface area contributed by atoms with E-state index in [0.717, 1.165) is 24.5 Å². The third-order valence-corrected chi connectivity index (χ3v) is 5.92. The summed E-state index contributed by atoms with van der Waals surface area (Å²) in [7, 11) is 2.42. The molecule has 192 valence electrons. The highest BCUT2D eigenvalue weighted by Crippen LogP contribution is 2.30. The molecule has 2 amide bonds. The number of hydrogen-bond acceptors (Lipinski definition) is 9. The van der Waals surface area contributed by atoms with E-state index in [1.165, 1.54) is 36.8 Å². The lowest BCUT2D eigenvalue weighted by Gasteiger charge is -2.09. The third kappa shape index (κ3) is 5.28. The predicted octanol–water partition coefficient (Wildman–Crippen LogP) is 4.88. The molecular weight excluding hydrogens is 516 g/mol. The van der Waals surface area contributed by atoms with Gasteiger partial charge < -0.3 is 34.4 Å². The first-order valence-electron chi connectivity index (χ1n) is 10.3. The first kappa shape index (κ1) is 25.4. The van der Waals surface area contributed by atoms with Gasteiger partial charge in [0.1, 0.15) is 28.3 Å². The maximum absolute atomic E-state index is 14.1. The maximum atomic E-state index is 14.1. The third-order valence-electron chi connectivity index (χ3n) is 4.96. The minimum Gasteiger partial charge on any atom is -0.496 e. The fourth-order valence-corrected chi connectivity index (χ4v) is 4.18. The molecule has 0 radical (unpaired) electrons. The summed E-state index contributed by atoms with van der Waals surface area (Å²) in [4.78, 5) is 39.7. The zero-order chi connectivity index (χ0) is 26.7.